The number of benzene rings is 1. The van der Waals surface area contributed by atoms with Gasteiger partial charge < -0.3 is 10.1 Å². The van der Waals surface area contributed by atoms with Crippen molar-refractivity contribution in [2.75, 3.05) is 5.32 Å². The molecule has 1 N–H and O–H groups in total. The van der Waals surface area contributed by atoms with Crippen LogP contribution in [-0.2, 0) is 19.7 Å². The van der Waals surface area contributed by atoms with Gasteiger partial charge in [-0.3, -0.25) is 4.79 Å². The molecule has 1 amide bonds. The van der Waals surface area contributed by atoms with Crippen molar-refractivity contribution in [2.24, 2.45) is 0 Å². The summed E-state index contributed by atoms with van der Waals surface area (Å²) in [5.74, 6) is -0.905. The fraction of sp³-hybridized carbons (Fsp3) is 0.300. The molecule has 5 heteroatoms. The van der Waals surface area contributed by atoms with Crippen LogP contribution in [0.5, 0.6) is 0 Å². The first-order valence-electron chi connectivity index (χ1n) is 8.08. The Kier molecular flexibility index (Phi) is 6.15. The Balaban J connectivity index is 1.88. The van der Waals surface area contributed by atoms with Crippen LogP contribution in [0.4, 0.5) is 5.69 Å². The second kappa shape index (κ2) is 8.12. The van der Waals surface area contributed by atoms with Gasteiger partial charge in [0, 0.05) is 11.8 Å². The monoisotopic (exact) mass is 357 g/mol. The molecule has 1 aromatic heterocycles. The number of hydrogen-bond donors (Lipinski definition) is 1. The Morgan fingerprint density at radius 3 is 2.40 bits per heavy atom. The number of hydrogen-bond acceptors (Lipinski definition) is 4. The summed E-state index contributed by atoms with van der Waals surface area (Å²) in [7, 11) is 0. The Hall–Kier alpha value is -2.40. The Bertz CT molecular complexity index is 740. The first-order valence-corrected chi connectivity index (χ1v) is 9.02. The highest BCUT2D eigenvalue weighted by atomic mass is 32.1. The molecular weight excluding hydrogens is 334 g/mol. The van der Waals surface area contributed by atoms with Crippen LogP contribution in [0.1, 0.15) is 38.8 Å². The predicted octanol–water partition coefficient (Wildman–Crippen LogP) is 4.63. The summed E-state index contributed by atoms with van der Waals surface area (Å²) in [6.45, 7) is 7.94. The fourth-order valence-corrected chi connectivity index (χ4v) is 2.73. The van der Waals surface area contributed by atoms with Gasteiger partial charge in [0.05, 0.1) is 0 Å². The van der Waals surface area contributed by atoms with Crippen LogP contribution in [-0.4, -0.2) is 18.0 Å². The molecule has 1 atom stereocenters. The minimum atomic E-state index is -0.873. The van der Waals surface area contributed by atoms with E-state index in [-0.39, 0.29) is 11.3 Å². The minimum Gasteiger partial charge on any atom is -0.449 e. The molecule has 0 fully saturated rings. The summed E-state index contributed by atoms with van der Waals surface area (Å²) < 4.78 is 5.13. The van der Waals surface area contributed by atoms with E-state index in [4.69, 9.17) is 4.74 Å². The van der Waals surface area contributed by atoms with E-state index < -0.39 is 12.1 Å². The van der Waals surface area contributed by atoms with Gasteiger partial charge in [0.25, 0.3) is 5.91 Å². The number of nitrogens with one attached hydrogen (secondary N) is 1. The largest absolute Gasteiger partial charge is 0.449 e. The van der Waals surface area contributed by atoms with Crippen molar-refractivity contribution in [1.82, 2.24) is 0 Å². The van der Waals surface area contributed by atoms with Gasteiger partial charge in [-0.05, 0) is 58.5 Å². The molecule has 0 aliphatic heterocycles. The summed E-state index contributed by atoms with van der Waals surface area (Å²) in [6, 6.07) is 9.56. The molecule has 0 aliphatic rings. The zero-order valence-electron chi connectivity index (χ0n) is 14.9. The number of thiophene rings is 1. The van der Waals surface area contributed by atoms with Gasteiger partial charge in [-0.15, -0.1) is 0 Å². The van der Waals surface area contributed by atoms with Crippen molar-refractivity contribution in [2.45, 2.75) is 39.2 Å². The highest BCUT2D eigenvalue weighted by Crippen LogP contribution is 2.23. The van der Waals surface area contributed by atoms with Crippen LogP contribution < -0.4 is 5.32 Å². The van der Waals surface area contributed by atoms with E-state index in [1.807, 2.05) is 41.1 Å². The number of carbonyl (C=O) groups excluding carboxylic acids is 2. The van der Waals surface area contributed by atoms with Crippen LogP contribution in [0.25, 0.3) is 6.08 Å². The highest BCUT2D eigenvalue weighted by Gasteiger charge is 2.17. The number of amides is 1. The average Bonchev–Trinajstić information content (AvgIpc) is 3.06. The van der Waals surface area contributed by atoms with E-state index >= 15 is 0 Å². The number of carbonyl (C=O) groups is 2. The summed E-state index contributed by atoms with van der Waals surface area (Å²) in [5.41, 5.74) is 2.84. The molecular formula is C20H23NO3S. The average molecular weight is 357 g/mol. The van der Waals surface area contributed by atoms with E-state index in [1.54, 1.807) is 24.3 Å². The normalized spacial score (nSPS) is 12.8. The van der Waals surface area contributed by atoms with Crippen molar-refractivity contribution in [3.63, 3.8) is 0 Å². The predicted molar refractivity (Wildman–Crippen MR) is 103 cm³/mol. The highest BCUT2D eigenvalue weighted by molar-refractivity contribution is 7.08. The molecule has 0 spiro atoms. The molecule has 0 saturated carbocycles. The lowest BCUT2D eigenvalue weighted by Gasteiger charge is -2.19. The molecule has 25 heavy (non-hydrogen) atoms. The number of anilines is 1. The minimum absolute atomic E-state index is 0.0557. The Morgan fingerprint density at radius 2 is 1.84 bits per heavy atom. The molecule has 1 heterocycles. The number of rotatable bonds is 5. The standard InChI is InChI=1S/C20H23NO3S/c1-14(24-18(22)10-5-15-11-12-25-13-15)19(23)21-17-8-6-16(7-9-17)20(2,3)4/h5-14H,1-4H3,(H,21,23)/b10-5+. The van der Waals surface area contributed by atoms with E-state index in [0.29, 0.717) is 5.69 Å². The van der Waals surface area contributed by atoms with Crippen LogP contribution in [0.15, 0.2) is 47.2 Å². The second-order valence-electron chi connectivity index (χ2n) is 6.79. The van der Waals surface area contributed by atoms with Gasteiger partial charge in [0.2, 0.25) is 0 Å². The van der Waals surface area contributed by atoms with E-state index in [9.17, 15) is 9.59 Å². The van der Waals surface area contributed by atoms with Crippen LogP contribution in [0, 0.1) is 0 Å². The Labute approximate surface area is 152 Å². The molecule has 0 radical (unpaired) electrons. The second-order valence-corrected chi connectivity index (χ2v) is 7.57. The van der Waals surface area contributed by atoms with Gasteiger partial charge in [-0.2, -0.15) is 11.3 Å². The maximum Gasteiger partial charge on any atom is 0.331 e. The molecule has 4 nitrogen and oxygen atoms in total. The van der Waals surface area contributed by atoms with E-state index in [1.165, 1.54) is 11.6 Å². The fourth-order valence-electron chi connectivity index (χ4n) is 2.10. The summed E-state index contributed by atoms with van der Waals surface area (Å²) in [4.78, 5) is 23.9. The van der Waals surface area contributed by atoms with Crippen molar-refractivity contribution >= 4 is 35.0 Å². The molecule has 0 saturated heterocycles. The third-order valence-electron chi connectivity index (χ3n) is 3.64. The third kappa shape index (κ3) is 5.87. The van der Waals surface area contributed by atoms with Gasteiger partial charge in [0.1, 0.15) is 0 Å². The van der Waals surface area contributed by atoms with Crippen molar-refractivity contribution in [1.29, 1.82) is 0 Å². The van der Waals surface area contributed by atoms with Crippen molar-refractivity contribution in [3.8, 4) is 0 Å². The summed E-state index contributed by atoms with van der Waals surface area (Å²) in [5, 5.41) is 6.60. The smallest absolute Gasteiger partial charge is 0.331 e. The van der Waals surface area contributed by atoms with Crippen molar-refractivity contribution < 1.29 is 14.3 Å². The lowest BCUT2D eigenvalue weighted by molar-refractivity contribution is -0.148. The Morgan fingerprint density at radius 1 is 1.16 bits per heavy atom. The molecule has 1 aromatic carbocycles. The zero-order valence-corrected chi connectivity index (χ0v) is 15.7. The molecule has 0 aliphatic carbocycles. The van der Waals surface area contributed by atoms with Gasteiger partial charge in [-0.1, -0.05) is 32.9 Å². The number of ether oxygens (including phenoxy) is 1. The topological polar surface area (TPSA) is 55.4 Å². The molecule has 2 aromatic rings. The molecule has 0 bridgehead atoms. The van der Waals surface area contributed by atoms with E-state index in [2.05, 4.69) is 26.1 Å². The number of esters is 1. The molecule has 2 rings (SSSR count). The van der Waals surface area contributed by atoms with Crippen LogP contribution in [0.2, 0.25) is 0 Å². The van der Waals surface area contributed by atoms with Gasteiger partial charge in [-0.25, -0.2) is 4.79 Å². The maximum atomic E-state index is 12.2. The zero-order chi connectivity index (χ0) is 18.4. The third-order valence-corrected chi connectivity index (χ3v) is 4.34. The lowest BCUT2D eigenvalue weighted by atomic mass is 9.87. The van der Waals surface area contributed by atoms with Crippen molar-refractivity contribution in [3.05, 3.63) is 58.3 Å². The maximum absolute atomic E-state index is 12.2. The van der Waals surface area contributed by atoms with Gasteiger partial charge >= 0.3 is 5.97 Å². The van der Waals surface area contributed by atoms with E-state index in [0.717, 1.165) is 5.56 Å². The first-order chi connectivity index (χ1) is 11.8. The SMILES string of the molecule is CC(OC(=O)/C=C/c1ccsc1)C(=O)Nc1ccc(C(C)(C)C)cc1. The quantitative estimate of drug-likeness (QED) is 0.627. The lowest BCUT2D eigenvalue weighted by Crippen LogP contribution is -2.29. The van der Waals surface area contributed by atoms with Crippen LogP contribution >= 0.6 is 11.3 Å². The summed E-state index contributed by atoms with van der Waals surface area (Å²) in [6.07, 6.45) is 2.11. The molecule has 132 valence electrons. The summed E-state index contributed by atoms with van der Waals surface area (Å²) >= 11 is 1.55. The van der Waals surface area contributed by atoms with Crippen LogP contribution in [0.3, 0.4) is 0 Å². The van der Waals surface area contributed by atoms with Gasteiger partial charge in [0.15, 0.2) is 6.10 Å². The molecule has 1 unspecified atom stereocenters. The first kappa shape index (κ1) is 18.9.